The van der Waals surface area contributed by atoms with Gasteiger partial charge in [0.25, 0.3) is 0 Å². The minimum absolute atomic E-state index is 0.374. The Balaban J connectivity index is 2.65. The predicted molar refractivity (Wildman–Crippen MR) is 51.0 cm³/mol. The smallest absolute Gasteiger partial charge is 0.120 e. The Morgan fingerprint density at radius 2 is 2.08 bits per heavy atom. The SMILES string of the molecule is C[C@H]1CCC[C@@H](CC=O)C1(C)C. The van der Waals surface area contributed by atoms with Crippen molar-refractivity contribution in [1.29, 1.82) is 0 Å². The summed E-state index contributed by atoms with van der Waals surface area (Å²) in [6, 6.07) is 0. The average Bonchev–Trinajstić information content (AvgIpc) is 2.00. The highest BCUT2D eigenvalue weighted by atomic mass is 16.1. The Kier molecular flexibility index (Phi) is 2.92. The van der Waals surface area contributed by atoms with E-state index in [-0.39, 0.29) is 0 Å². The zero-order valence-corrected chi connectivity index (χ0v) is 8.47. The first-order chi connectivity index (χ1) is 5.59. The van der Waals surface area contributed by atoms with Crippen LogP contribution < -0.4 is 0 Å². The predicted octanol–water partition coefficient (Wildman–Crippen LogP) is 3.04. The number of carbonyl (C=O) groups excluding carboxylic acids is 1. The fourth-order valence-corrected chi connectivity index (χ4v) is 2.35. The molecule has 0 aliphatic heterocycles. The van der Waals surface area contributed by atoms with Crippen molar-refractivity contribution in [2.75, 3.05) is 0 Å². The highest BCUT2D eigenvalue weighted by Crippen LogP contribution is 2.45. The first kappa shape index (κ1) is 9.76. The Labute approximate surface area is 75.5 Å². The van der Waals surface area contributed by atoms with E-state index in [1.165, 1.54) is 19.3 Å². The van der Waals surface area contributed by atoms with E-state index in [0.717, 1.165) is 18.6 Å². The number of carbonyl (C=O) groups is 1. The van der Waals surface area contributed by atoms with Gasteiger partial charge in [0.2, 0.25) is 0 Å². The summed E-state index contributed by atoms with van der Waals surface area (Å²) in [7, 11) is 0. The van der Waals surface area contributed by atoms with E-state index in [1.807, 2.05) is 0 Å². The lowest BCUT2D eigenvalue weighted by Crippen LogP contribution is -2.35. The number of aldehydes is 1. The molecule has 0 spiro atoms. The summed E-state index contributed by atoms with van der Waals surface area (Å²) in [6.45, 7) is 6.94. The fraction of sp³-hybridized carbons (Fsp3) is 0.909. The molecule has 2 atom stereocenters. The molecule has 0 aromatic heterocycles. The van der Waals surface area contributed by atoms with Crippen molar-refractivity contribution in [3.8, 4) is 0 Å². The van der Waals surface area contributed by atoms with E-state index in [2.05, 4.69) is 20.8 Å². The van der Waals surface area contributed by atoms with Crippen molar-refractivity contribution in [1.82, 2.24) is 0 Å². The number of hydrogen-bond donors (Lipinski definition) is 0. The van der Waals surface area contributed by atoms with Gasteiger partial charge >= 0.3 is 0 Å². The van der Waals surface area contributed by atoms with Crippen molar-refractivity contribution in [2.24, 2.45) is 17.3 Å². The highest BCUT2D eigenvalue weighted by molar-refractivity contribution is 5.50. The molecule has 12 heavy (non-hydrogen) atoms. The zero-order chi connectivity index (χ0) is 9.19. The summed E-state index contributed by atoms with van der Waals surface area (Å²) in [5.41, 5.74) is 0.374. The van der Waals surface area contributed by atoms with Gasteiger partial charge in [-0.1, -0.05) is 33.6 Å². The van der Waals surface area contributed by atoms with Gasteiger partial charge in [-0.25, -0.2) is 0 Å². The van der Waals surface area contributed by atoms with Crippen LogP contribution >= 0.6 is 0 Å². The van der Waals surface area contributed by atoms with Crippen molar-refractivity contribution in [3.05, 3.63) is 0 Å². The van der Waals surface area contributed by atoms with Gasteiger partial charge in [-0.2, -0.15) is 0 Å². The van der Waals surface area contributed by atoms with Gasteiger partial charge in [0.05, 0.1) is 0 Å². The third-order valence-corrected chi connectivity index (χ3v) is 3.89. The average molecular weight is 168 g/mol. The third-order valence-electron chi connectivity index (χ3n) is 3.89. The Morgan fingerprint density at radius 3 is 2.67 bits per heavy atom. The van der Waals surface area contributed by atoms with Crippen molar-refractivity contribution < 1.29 is 4.79 Å². The van der Waals surface area contributed by atoms with Gasteiger partial charge in [0.15, 0.2) is 0 Å². The van der Waals surface area contributed by atoms with Gasteiger partial charge in [-0.05, 0) is 23.7 Å². The van der Waals surface area contributed by atoms with E-state index in [9.17, 15) is 4.79 Å². The second-order valence-corrected chi connectivity index (χ2v) is 4.75. The zero-order valence-electron chi connectivity index (χ0n) is 8.47. The molecule has 0 aromatic rings. The monoisotopic (exact) mass is 168 g/mol. The Morgan fingerprint density at radius 1 is 1.42 bits per heavy atom. The van der Waals surface area contributed by atoms with Gasteiger partial charge < -0.3 is 4.79 Å². The van der Waals surface area contributed by atoms with Crippen LogP contribution in [0.3, 0.4) is 0 Å². The molecule has 1 saturated carbocycles. The second-order valence-electron chi connectivity index (χ2n) is 4.75. The van der Waals surface area contributed by atoms with E-state index in [1.54, 1.807) is 0 Å². The van der Waals surface area contributed by atoms with Crippen LogP contribution in [-0.2, 0) is 4.79 Å². The largest absolute Gasteiger partial charge is 0.303 e. The molecule has 0 unspecified atom stereocenters. The lowest BCUT2D eigenvalue weighted by molar-refractivity contribution is -0.110. The Hall–Kier alpha value is -0.330. The van der Waals surface area contributed by atoms with E-state index < -0.39 is 0 Å². The standard InChI is InChI=1S/C11H20O/c1-9-5-4-6-10(7-8-12)11(9,2)3/h8-10H,4-7H2,1-3H3/t9-,10-/m0/s1. The number of hydrogen-bond acceptors (Lipinski definition) is 1. The maximum absolute atomic E-state index is 10.5. The van der Waals surface area contributed by atoms with Crippen LogP contribution in [0.25, 0.3) is 0 Å². The molecular weight excluding hydrogens is 148 g/mol. The molecule has 1 heteroatoms. The van der Waals surface area contributed by atoms with Crippen LogP contribution in [0, 0.1) is 17.3 Å². The molecular formula is C11H20O. The van der Waals surface area contributed by atoms with E-state index in [0.29, 0.717) is 11.3 Å². The molecule has 1 fully saturated rings. The summed E-state index contributed by atoms with van der Waals surface area (Å²) in [4.78, 5) is 10.5. The van der Waals surface area contributed by atoms with Gasteiger partial charge in [-0.3, -0.25) is 0 Å². The molecule has 70 valence electrons. The topological polar surface area (TPSA) is 17.1 Å². The van der Waals surface area contributed by atoms with Crippen LogP contribution in [0.5, 0.6) is 0 Å². The minimum atomic E-state index is 0.374. The molecule has 0 heterocycles. The second kappa shape index (κ2) is 3.59. The third kappa shape index (κ3) is 1.70. The minimum Gasteiger partial charge on any atom is -0.303 e. The molecule has 1 rings (SSSR count). The van der Waals surface area contributed by atoms with E-state index >= 15 is 0 Å². The molecule has 0 radical (unpaired) electrons. The van der Waals surface area contributed by atoms with Gasteiger partial charge in [-0.15, -0.1) is 0 Å². The summed E-state index contributed by atoms with van der Waals surface area (Å²) >= 11 is 0. The van der Waals surface area contributed by atoms with Crippen LogP contribution in [0.2, 0.25) is 0 Å². The van der Waals surface area contributed by atoms with Crippen LogP contribution in [0.1, 0.15) is 46.5 Å². The summed E-state index contributed by atoms with van der Waals surface area (Å²) in [5, 5.41) is 0. The summed E-state index contributed by atoms with van der Waals surface area (Å²) < 4.78 is 0. The molecule has 0 bridgehead atoms. The molecule has 1 nitrogen and oxygen atoms in total. The van der Waals surface area contributed by atoms with Crippen molar-refractivity contribution in [3.63, 3.8) is 0 Å². The molecule has 0 aromatic carbocycles. The highest BCUT2D eigenvalue weighted by Gasteiger charge is 2.36. The summed E-state index contributed by atoms with van der Waals surface area (Å²) in [6.07, 6.45) is 5.74. The van der Waals surface area contributed by atoms with Gasteiger partial charge in [0, 0.05) is 6.42 Å². The summed E-state index contributed by atoms with van der Waals surface area (Å²) in [5.74, 6) is 1.40. The lowest BCUT2D eigenvalue weighted by Gasteiger charge is -2.43. The van der Waals surface area contributed by atoms with Crippen LogP contribution in [0.4, 0.5) is 0 Å². The first-order valence-electron chi connectivity index (χ1n) is 5.02. The molecule has 1 aliphatic carbocycles. The van der Waals surface area contributed by atoms with Crippen molar-refractivity contribution in [2.45, 2.75) is 46.5 Å². The molecule has 0 saturated heterocycles. The Bertz CT molecular complexity index is 160. The normalized spacial score (nSPS) is 34.6. The molecule has 0 amide bonds. The maximum Gasteiger partial charge on any atom is 0.120 e. The molecule has 0 N–H and O–H groups in total. The quantitative estimate of drug-likeness (QED) is 0.579. The van der Waals surface area contributed by atoms with Crippen molar-refractivity contribution >= 4 is 6.29 Å². The van der Waals surface area contributed by atoms with Crippen LogP contribution in [-0.4, -0.2) is 6.29 Å². The first-order valence-corrected chi connectivity index (χ1v) is 5.02. The number of rotatable bonds is 2. The van der Waals surface area contributed by atoms with Gasteiger partial charge in [0.1, 0.15) is 6.29 Å². The van der Waals surface area contributed by atoms with E-state index in [4.69, 9.17) is 0 Å². The fourth-order valence-electron chi connectivity index (χ4n) is 2.35. The maximum atomic E-state index is 10.5. The molecule has 1 aliphatic rings. The van der Waals surface area contributed by atoms with Crippen LogP contribution in [0.15, 0.2) is 0 Å². The lowest BCUT2D eigenvalue weighted by atomic mass is 9.62.